The van der Waals surface area contributed by atoms with Crippen LogP contribution in [0.15, 0.2) is 18.2 Å². The molecule has 1 unspecified atom stereocenters. The first kappa shape index (κ1) is 21.5. The second-order valence-corrected chi connectivity index (χ2v) is 10.4. The van der Waals surface area contributed by atoms with Gasteiger partial charge in [0.05, 0.1) is 16.7 Å². The Morgan fingerprint density at radius 3 is 2.32 bits per heavy atom. The number of aryl methyl sites for hydroxylation is 2. The number of benzene rings is 1. The van der Waals surface area contributed by atoms with Crippen molar-refractivity contribution in [2.24, 2.45) is 17.8 Å². The Kier molecular flexibility index (Phi) is 4.98. The Labute approximate surface area is 183 Å². The van der Waals surface area contributed by atoms with Crippen molar-refractivity contribution in [1.82, 2.24) is 20.2 Å². The summed E-state index contributed by atoms with van der Waals surface area (Å²) in [5.74, 6) is 1.06. The third kappa shape index (κ3) is 4.10. The molecule has 1 saturated heterocycles. The topological polar surface area (TPSA) is 84.4 Å². The van der Waals surface area contributed by atoms with E-state index in [4.69, 9.17) is 9.72 Å². The van der Waals surface area contributed by atoms with Crippen LogP contribution in [0.5, 0.6) is 0 Å². The molecule has 1 aliphatic carbocycles. The third-order valence-electron chi connectivity index (χ3n) is 6.22. The van der Waals surface area contributed by atoms with Crippen molar-refractivity contribution >= 4 is 22.9 Å². The number of ether oxygens (including phenoxy) is 1. The highest BCUT2D eigenvalue weighted by atomic mass is 16.6. The third-order valence-corrected chi connectivity index (χ3v) is 6.22. The minimum atomic E-state index is -0.640. The molecule has 0 bridgehead atoms. The molecule has 1 aliphatic heterocycles. The van der Waals surface area contributed by atoms with Gasteiger partial charge in [-0.25, -0.2) is 14.8 Å². The first-order valence-corrected chi connectivity index (χ1v) is 10.9. The molecule has 2 fully saturated rings. The zero-order chi connectivity index (χ0) is 22.7. The number of piperidine rings is 1. The van der Waals surface area contributed by atoms with Crippen LogP contribution in [0, 0.1) is 31.6 Å². The van der Waals surface area contributed by atoms with E-state index in [1.807, 2.05) is 66.7 Å². The summed E-state index contributed by atoms with van der Waals surface area (Å²) in [4.78, 5) is 36.4. The lowest BCUT2D eigenvalue weighted by Gasteiger charge is -2.29. The number of aromatic nitrogens is 2. The fourth-order valence-corrected chi connectivity index (χ4v) is 4.73. The van der Waals surface area contributed by atoms with Gasteiger partial charge in [0.1, 0.15) is 11.4 Å². The first-order valence-electron chi connectivity index (χ1n) is 10.9. The molecule has 0 radical (unpaired) electrons. The van der Waals surface area contributed by atoms with E-state index < -0.39 is 11.1 Å². The molecule has 1 saturated carbocycles. The van der Waals surface area contributed by atoms with E-state index in [1.165, 1.54) is 0 Å². The molecule has 1 aromatic carbocycles. The lowest BCUT2D eigenvalue weighted by molar-refractivity contribution is -0.125. The minimum absolute atomic E-state index is 0.0286. The molecule has 1 aromatic heterocycles. The van der Waals surface area contributed by atoms with Gasteiger partial charge >= 0.3 is 6.09 Å². The van der Waals surface area contributed by atoms with Gasteiger partial charge in [-0.15, -0.1) is 0 Å². The number of nitrogens with one attached hydrogen (secondary N) is 1. The molecule has 7 nitrogen and oxygen atoms in total. The maximum atomic E-state index is 13.1. The molecule has 4 rings (SSSR count). The smallest absolute Gasteiger partial charge is 0.410 e. The van der Waals surface area contributed by atoms with Gasteiger partial charge in [0.2, 0.25) is 5.91 Å². The number of carbonyl (C=O) groups is 2. The van der Waals surface area contributed by atoms with Crippen molar-refractivity contribution in [3.05, 3.63) is 35.3 Å². The lowest BCUT2D eigenvalue weighted by atomic mass is 9.94. The van der Waals surface area contributed by atoms with Crippen LogP contribution in [-0.2, 0) is 15.1 Å². The summed E-state index contributed by atoms with van der Waals surface area (Å²) in [7, 11) is 0. The standard InChI is InChI=1S/C24H32N4O3/c1-13-9-8-10-15-19(13)25-14(2)26-20(15)24(6,7)27-21(29)18-16-11-28(12-17(16)18)22(30)31-23(3,4)5/h8-10,16-18H,11-12H2,1-7H3,(H,27,29)/t16-,17+,18?. The maximum Gasteiger partial charge on any atom is 0.410 e. The average molecular weight is 425 g/mol. The van der Waals surface area contributed by atoms with E-state index in [1.54, 1.807) is 4.90 Å². The zero-order valence-electron chi connectivity index (χ0n) is 19.4. The quantitative estimate of drug-likeness (QED) is 0.812. The van der Waals surface area contributed by atoms with E-state index >= 15 is 0 Å². The Balaban J connectivity index is 1.46. The molecule has 3 atom stereocenters. The molecule has 1 N–H and O–H groups in total. The Hall–Kier alpha value is -2.70. The average Bonchev–Trinajstić information content (AvgIpc) is 3.14. The highest BCUT2D eigenvalue weighted by Gasteiger charge is 2.61. The number of para-hydroxylation sites is 1. The lowest BCUT2D eigenvalue weighted by Crippen LogP contribution is -2.44. The molecular weight excluding hydrogens is 392 g/mol. The number of hydrogen-bond acceptors (Lipinski definition) is 5. The van der Waals surface area contributed by atoms with Crippen LogP contribution in [0.2, 0.25) is 0 Å². The Bertz CT molecular complexity index is 1040. The summed E-state index contributed by atoms with van der Waals surface area (Å²) < 4.78 is 5.46. The number of hydrogen-bond donors (Lipinski definition) is 1. The highest BCUT2D eigenvalue weighted by Crippen LogP contribution is 2.52. The first-order chi connectivity index (χ1) is 14.4. The molecule has 166 valence electrons. The summed E-state index contributed by atoms with van der Waals surface area (Å²) in [5.41, 5.74) is 1.68. The summed E-state index contributed by atoms with van der Waals surface area (Å²) in [6.45, 7) is 14.6. The number of nitrogens with zero attached hydrogens (tertiary/aromatic N) is 3. The SMILES string of the molecule is Cc1nc(C(C)(C)NC(=O)C2[C@H]3CN(C(=O)OC(C)(C)C)C[C@@H]23)c2cccc(C)c2n1. The number of likely N-dealkylation sites (tertiary alicyclic amines) is 1. The molecule has 2 aliphatic rings. The molecule has 7 heteroatoms. The van der Waals surface area contributed by atoms with Crippen LogP contribution in [-0.4, -0.2) is 45.6 Å². The Morgan fingerprint density at radius 1 is 1.06 bits per heavy atom. The summed E-state index contributed by atoms with van der Waals surface area (Å²) in [6.07, 6.45) is -0.294. The largest absolute Gasteiger partial charge is 0.444 e. The number of fused-ring (bicyclic) bond motifs is 2. The van der Waals surface area contributed by atoms with E-state index in [0.29, 0.717) is 18.9 Å². The van der Waals surface area contributed by atoms with Crippen molar-refractivity contribution in [3.8, 4) is 0 Å². The van der Waals surface area contributed by atoms with E-state index in [9.17, 15) is 9.59 Å². The molecular formula is C24H32N4O3. The van der Waals surface area contributed by atoms with Gasteiger partial charge < -0.3 is 15.0 Å². The maximum absolute atomic E-state index is 13.1. The van der Waals surface area contributed by atoms with Crippen LogP contribution in [0.1, 0.15) is 51.7 Å². The normalized spacial score (nSPS) is 22.9. The van der Waals surface area contributed by atoms with Crippen LogP contribution >= 0.6 is 0 Å². The number of amides is 2. The molecule has 2 amide bonds. The van der Waals surface area contributed by atoms with Gasteiger partial charge in [0, 0.05) is 24.4 Å². The van der Waals surface area contributed by atoms with Gasteiger partial charge in [-0.3, -0.25) is 4.79 Å². The van der Waals surface area contributed by atoms with Crippen LogP contribution in [0.3, 0.4) is 0 Å². The zero-order valence-corrected chi connectivity index (χ0v) is 19.4. The summed E-state index contributed by atoms with van der Waals surface area (Å²) >= 11 is 0. The van der Waals surface area contributed by atoms with Crippen molar-refractivity contribution in [3.63, 3.8) is 0 Å². The number of carbonyl (C=O) groups excluding carboxylic acids is 2. The van der Waals surface area contributed by atoms with Crippen LogP contribution in [0.25, 0.3) is 10.9 Å². The molecule has 0 spiro atoms. The van der Waals surface area contributed by atoms with Crippen molar-refractivity contribution < 1.29 is 14.3 Å². The second-order valence-electron chi connectivity index (χ2n) is 10.4. The fourth-order valence-electron chi connectivity index (χ4n) is 4.73. The molecule has 2 aromatic rings. The van der Waals surface area contributed by atoms with Crippen molar-refractivity contribution in [1.29, 1.82) is 0 Å². The molecule has 2 heterocycles. The van der Waals surface area contributed by atoms with Gasteiger partial charge in [-0.2, -0.15) is 0 Å². The van der Waals surface area contributed by atoms with Gasteiger partial charge in [0.15, 0.2) is 0 Å². The number of rotatable bonds is 3. The predicted molar refractivity (Wildman–Crippen MR) is 118 cm³/mol. The summed E-state index contributed by atoms with van der Waals surface area (Å²) in [6, 6.07) is 6.04. The minimum Gasteiger partial charge on any atom is -0.444 e. The van der Waals surface area contributed by atoms with Gasteiger partial charge in [0.25, 0.3) is 0 Å². The van der Waals surface area contributed by atoms with E-state index in [-0.39, 0.29) is 29.8 Å². The van der Waals surface area contributed by atoms with E-state index in [0.717, 1.165) is 22.2 Å². The highest BCUT2D eigenvalue weighted by molar-refractivity contribution is 5.87. The van der Waals surface area contributed by atoms with Crippen molar-refractivity contribution in [2.75, 3.05) is 13.1 Å². The van der Waals surface area contributed by atoms with Gasteiger partial charge in [-0.05, 0) is 65.9 Å². The van der Waals surface area contributed by atoms with Crippen molar-refractivity contribution in [2.45, 2.75) is 59.6 Å². The summed E-state index contributed by atoms with van der Waals surface area (Å²) in [5, 5.41) is 4.18. The second kappa shape index (κ2) is 7.18. The molecule has 31 heavy (non-hydrogen) atoms. The monoisotopic (exact) mass is 424 g/mol. The van der Waals surface area contributed by atoms with Gasteiger partial charge in [-0.1, -0.05) is 18.2 Å². The Morgan fingerprint density at radius 2 is 1.71 bits per heavy atom. The van der Waals surface area contributed by atoms with Crippen LogP contribution < -0.4 is 5.32 Å². The van der Waals surface area contributed by atoms with E-state index in [2.05, 4.69) is 10.3 Å². The van der Waals surface area contributed by atoms with Crippen LogP contribution in [0.4, 0.5) is 4.79 Å². The fraction of sp³-hybridized carbons (Fsp3) is 0.583. The predicted octanol–water partition coefficient (Wildman–Crippen LogP) is 3.71.